The van der Waals surface area contributed by atoms with E-state index in [4.69, 9.17) is 20.8 Å². The number of halogens is 1. The molecule has 2 amide bonds. The fraction of sp³-hybridized carbons (Fsp3) is 0.345. The summed E-state index contributed by atoms with van der Waals surface area (Å²) < 4.78 is 11.4. The van der Waals surface area contributed by atoms with E-state index in [1.54, 1.807) is 16.9 Å². The molecule has 38 heavy (non-hydrogen) atoms. The van der Waals surface area contributed by atoms with Gasteiger partial charge in [-0.25, -0.2) is 0 Å². The first-order chi connectivity index (χ1) is 18.2. The van der Waals surface area contributed by atoms with Crippen molar-refractivity contribution in [3.63, 3.8) is 0 Å². The van der Waals surface area contributed by atoms with E-state index in [9.17, 15) is 9.59 Å². The lowest BCUT2D eigenvalue weighted by molar-refractivity contribution is -0.132. The number of benzene rings is 2. The molecular weight excluding hydrogens is 504 g/mol. The second kappa shape index (κ2) is 10.2. The van der Waals surface area contributed by atoms with Gasteiger partial charge in [-0.1, -0.05) is 35.9 Å². The average Bonchev–Trinajstić information content (AvgIpc) is 3.07. The van der Waals surface area contributed by atoms with Gasteiger partial charge in [0.1, 0.15) is 0 Å². The largest absolute Gasteiger partial charge is 0.493 e. The first-order valence-corrected chi connectivity index (χ1v) is 13.0. The standard InChI is InChI=1S/C29H31ClN4O4/c1-18-22-9-6-10-23(37-4)25(22)38-24(18)27(35)33-13-14-34(29(2,3)17-33)28(36)26-31-12-11-20(16-32-26)19-7-5-8-21(30)15-19/h5-10,15-16H,11-14,17H2,1-4H3,(H,31,32). The van der Waals surface area contributed by atoms with Gasteiger partial charge >= 0.3 is 0 Å². The summed E-state index contributed by atoms with van der Waals surface area (Å²) in [7, 11) is 1.58. The maximum Gasteiger partial charge on any atom is 0.290 e. The number of amidine groups is 1. The van der Waals surface area contributed by atoms with E-state index in [2.05, 4.69) is 10.3 Å². The molecule has 0 bridgehead atoms. The molecule has 1 N–H and O–H groups in total. The summed E-state index contributed by atoms with van der Waals surface area (Å²) in [5.41, 5.74) is 2.76. The molecule has 3 aromatic rings. The van der Waals surface area contributed by atoms with Crippen molar-refractivity contribution in [2.24, 2.45) is 4.99 Å². The van der Waals surface area contributed by atoms with Gasteiger partial charge in [0.15, 0.2) is 22.9 Å². The predicted octanol–water partition coefficient (Wildman–Crippen LogP) is 4.90. The highest BCUT2D eigenvalue weighted by Crippen LogP contribution is 2.34. The van der Waals surface area contributed by atoms with Crippen LogP contribution < -0.4 is 10.1 Å². The highest BCUT2D eigenvalue weighted by molar-refractivity contribution is 6.38. The van der Waals surface area contributed by atoms with Crippen LogP contribution in [0.25, 0.3) is 16.5 Å². The molecule has 198 valence electrons. The zero-order chi connectivity index (χ0) is 27.0. The monoisotopic (exact) mass is 534 g/mol. The second-order valence-corrected chi connectivity index (χ2v) is 10.6. The van der Waals surface area contributed by atoms with Crippen LogP contribution in [0.5, 0.6) is 5.75 Å². The smallest absolute Gasteiger partial charge is 0.290 e. The van der Waals surface area contributed by atoms with Crippen LogP contribution >= 0.6 is 11.6 Å². The van der Waals surface area contributed by atoms with Crippen LogP contribution in [0.3, 0.4) is 0 Å². The quantitative estimate of drug-likeness (QED) is 0.514. The summed E-state index contributed by atoms with van der Waals surface area (Å²) >= 11 is 6.16. The normalized spacial score (nSPS) is 17.4. The Morgan fingerprint density at radius 1 is 1.13 bits per heavy atom. The lowest BCUT2D eigenvalue weighted by Gasteiger charge is -2.46. The summed E-state index contributed by atoms with van der Waals surface area (Å²) in [5.74, 6) is 0.809. The van der Waals surface area contributed by atoms with E-state index >= 15 is 0 Å². The number of aryl methyl sites for hydroxylation is 1. The molecule has 8 nitrogen and oxygen atoms in total. The number of carbonyl (C=O) groups is 2. The maximum atomic E-state index is 13.6. The number of furan rings is 1. The molecule has 2 aliphatic heterocycles. The van der Waals surface area contributed by atoms with Gasteiger partial charge < -0.3 is 24.3 Å². The third kappa shape index (κ3) is 4.76. The number of hydrogen-bond acceptors (Lipinski definition) is 6. The number of fused-ring (bicyclic) bond motifs is 1. The third-order valence-corrected chi connectivity index (χ3v) is 7.44. The Balaban J connectivity index is 1.31. The molecule has 2 aliphatic rings. The molecule has 0 radical (unpaired) electrons. The molecule has 0 saturated carbocycles. The fourth-order valence-corrected chi connectivity index (χ4v) is 5.36. The van der Waals surface area contributed by atoms with Crippen molar-refractivity contribution in [1.82, 2.24) is 15.1 Å². The van der Waals surface area contributed by atoms with E-state index in [0.717, 1.165) is 22.1 Å². The van der Waals surface area contributed by atoms with Crippen LogP contribution in [-0.4, -0.2) is 66.3 Å². The number of rotatable bonds is 4. The van der Waals surface area contributed by atoms with Crippen molar-refractivity contribution in [1.29, 1.82) is 0 Å². The zero-order valence-electron chi connectivity index (χ0n) is 22.0. The average molecular weight is 535 g/mol. The first kappa shape index (κ1) is 25.9. The minimum atomic E-state index is -0.612. The number of nitrogens with one attached hydrogen (secondary N) is 1. The third-order valence-electron chi connectivity index (χ3n) is 7.21. The van der Waals surface area contributed by atoms with Gasteiger partial charge in [0.25, 0.3) is 11.8 Å². The number of ether oxygens (including phenoxy) is 1. The van der Waals surface area contributed by atoms with Gasteiger partial charge in [0.2, 0.25) is 0 Å². The molecular formula is C29H31ClN4O4. The van der Waals surface area contributed by atoms with Crippen LogP contribution in [0.4, 0.5) is 0 Å². The Morgan fingerprint density at radius 2 is 1.92 bits per heavy atom. The Labute approximate surface area is 226 Å². The number of carbonyl (C=O) groups excluding carboxylic acids is 2. The van der Waals surface area contributed by atoms with E-state index in [0.29, 0.717) is 60.6 Å². The summed E-state index contributed by atoms with van der Waals surface area (Å²) in [4.78, 5) is 35.2. The van der Waals surface area contributed by atoms with Crippen LogP contribution in [0.15, 0.2) is 58.1 Å². The van der Waals surface area contributed by atoms with Gasteiger partial charge in [-0.05, 0) is 56.5 Å². The van der Waals surface area contributed by atoms with Crippen molar-refractivity contribution < 1.29 is 18.7 Å². The predicted molar refractivity (Wildman–Crippen MR) is 149 cm³/mol. The number of hydrogen-bond donors (Lipinski definition) is 1. The second-order valence-electron chi connectivity index (χ2n) is 10.2. The number of methoxy groups -OCH3 is 1. The molecule has 0 spiro atoms. The van der Waals surface area contributed by atoms with Crippen LogP contribution in [-0.2, 0) is 4.79 Å². The number of amides is 2. The van der Waals surface area contributed by atoms with E-state index in [1.807, 2.05) is 69.4 Å². The van der Waals surface area contributed by atoms with Crippen molar-refractivity contribution in [3.05, 3.63) is 70.6 Å². The molecule has 1 aromatic heterocycles. The first-order valence-electron chi connectivity index (χ1n) is 12.6. The van der Waals surface area contributed by atoms with E-state index in [1.165, 1.54) is 0 Å². The van der Waals surface area contributed by atoms with Crippen LogP contribution in [0.2, 0.25) is 5.02 Å². The Bertz CT molecular complexity index is 1470. The summed E-state index contributed by atoms with van der Waals surface area (Å²) in [6, 6.07) is 13.2. The minimum Gasteiger partial charge on any atom is -0.493 e. The van der Waals surface area contributed by atoms with Gasteiger partial charge in [0.05, 0.1) is 12.6 Å². The number of piperazine rings is 1. The highest BCUT2D eigenvalue weighted by Gasteiger charge is 2.41. The van der Waals surface area contributed by atoms with Crippen molar-refractivity contribution in [2.45, 2.75) is 32.7 Å². The number of nitrogens with zero attached hydrogens (tertiary/aromatic N) is 3. The summed E-state index contributed by atoms with van der Waals surface area (Å²) in [6.07, 6.45) is 2.53. The molecule has 3 heterocycles. The molecule has 1 fully saturated rings. The van der Waals surface area contributed by atoms with Crippen LogP contribution in [0.1, 0.15) is 41.9 Å². The Hall–Kier alpha value is -3.78. The summed E-state index contributed by atoms with van der Waals surface area (Å²) in [6.45, 7) is 7.42. The van der Waals surface area contributed by atoms with Gasteiger partial charge in [-0.15, -0.1) is 0 Å². The molecule has 2 aromatic carbocycles. The minimum absolute atomic E-state index is 0.185. The van der Waals surface area contributed by atoms with Crippen molar-refractivity contribution >= 4 is 45.8 Å². The molecule has 9 heteroatoms. The molecule has 5 rings (SSSR count). The van der Waals surface area contributed by atoms with Gasteiger partial charge in [0, 0.05) is 48.4 Å². The van der Waals surface area contributed by atoms with Gasteiger partial charge in [-0.3, -0.25) is 14.6 Å². The Morgan fingerprint density at radius 3 is 2.66 bits per heavy atom. The summed E-state index contributed by atoms with van der Waals surface area (Å²) in [5, 5.41) is 4.64. The highest BCUT2D eigenvalue weighted by atomic mass is 35.5. The number of para-hydroxylation sites is 1. The maximum absolute atomic E-state index is 13.6. The number of aliphatic imine (C=N–C) groups is 1. The van der Waals surface area contributed by atoms with E-state index in [-0.39, 0.29) is 11.8 Å². The van der Waals surface area contributed by atoms with Crippen LogP contribution in [0, 0.1) is 6.92 Å². The molecule has 1 saturated heterocycles. The van der Waals surface area contributed by atoms with Crippen molar-refractivity contribution in [3.8, 4) is 5.75 Å². The molecule has 0 atom stereocenters. The lowest BCUT2D eigenvalue weighted by atomic mass is 9.97. The molecule has 0 aliphatic carbocycles. The zero-order valence-corrected chi connectivity index (χ0v) is 22.8. The Kier molecular flexibility index (Phi) is 6.92. The molecule has 0 unspecified atom stereocenters. The van der Waals surface area contributed by atoms with E-state index < -0.39 is 5.54 Å². The van der Waals surface area contributed by atoms with Crippen molar-refractivity contribution in [2.75, 3.05) is 33.3 Å². The van der Waals surface area contributed by atoms with Gasteiger partial charge in [-0.2, -0.15) is 0 Å². The fourth-order valence-electron chi connectivity index (χ4n) is 5.16. The SMILES string of the molecule is COc1cccc2c(C)c(C(=O)N3CCN(C(=O)C4=NCCC(c5cccc(Cl)c5)=CN4)C(C)(C)C3)oc12. The topological polar surface area (TPSA) is 87.4 Å². The lowest BCUT2D eigenvalue weighted by Crippen LogP contribution is -2.64.